The molecule has 2 aromatic rings. The summed E-state index contributed by atoms with van der Waals surface area (Å²) in [5, 5.41) is 5.68. The van der Waals surface area contributed by atoms with Gasteiger partial charge < -0.3 is 15.4 Å². The summed E-state index contributed by atoms with van der Waals surface area (Å²) in [7, 11) is 0. The van der Waals surface area contributed by atoms with Gasteiger partial charge in [-0.2, -0.15) is 0 Å². The first-order chi connectivity index (χ1) is 11.6. The summed E-state index contributed by atoms with van der Waals surface area (Å²) < 4.78 is 6.82. The maximum atomic E-state index is 11.8. The normalized spacial score (nSPS) is 10.3. The topological polar surface area (TPSA) is 50.4 Å². The molecule has 0 aliphatic carbocycles. The van der Waals surface area contributed by atoms with Gasteiger partial charge >= 0.3 is 6.03 Å². The van der Waals surface area contributed by atoms with Crippen LogP contribution in [0.4, 0.5) is 4.79 Å². The van der Waals surface area contributed by atoms with Crippen molar-refractivity contribution in [2.24, 2.45) is 0 Å². The van der Waals surface area contributed by atoms with E-state index in [-0.39, 0.29) is 6.03 Å². The molecule has 0 saturated carbocycles. The molecule has 0 aromatic heterocycles. The van der Waals surface area contributed by atoms with E-state index in [0.717, 1.165) is 33.3 Å². The lowest BCUT2D eigenvalue weighted by Gasteiger charge is -2.12. The van der Waals surface area contributed by atoms with Crippen molar-refractivity contribution in [2.75, 3.05) is 13.2 Å². The van der Waals surface area contributed by atoms with Gasteiger partial charge in [0.1, 0.15) is 5.75 Å². The molecule has 0 bridgehead atoms. The lowest BCUT2D eigenvalue weighted by molar-refractivity contribution is 0.238. The van der Waals surface area contributed by atoms with E-state index in [0.29, 0.717) is 19.7 Å². The molecule has 128 valence electrons. The zero-order valence-corrected chi connectivity index (χ0v) is 15.7. The Balaban J connectivity index is 1.63. The molecule has 4 nitrogen and oxygen atoms in total. The highest BCUT2D eigenvalue weighted by Gasteiger charge is 2.03. The second-order valence-corrected chi connectivity index (χ2v) is 6.58. The monoisotopic (exact) mass is 390 g/mol. The van der Waals surface area contributed by atoms with Gasteiger partial charge in [-0.15, -0.1) is 0 Å². The van der Waals surface area contributed by atoms with E-state index >= 15 is 0 Å². The van der Waals surface area contributed by atoms with Crippen molar-refractivity contribution < 1.29 is 9.53 Å². The van der Waals surface area contributed by atoms with Crippen molar-refractivity contribution in [3.63, 3.8) is 0 Å². The van der Waals surface area contributed by atoms with Crippen LogP contribution in [0.25, 0.3) is 0 Å². The molecule has 0 saturated heterocycles. The van der Waals surface area contributed by atoms with Crippen LogP contribution in [-0.4, -0.2) is 19.2 Å². The summed E-state index contributed by atoms with van der Waals surface area (Å²) in [5.74, 6) is 0.941. The number of benzene rings is 2. The van der Waals surface area contributed by atoms with Gasteiger partial charge in [-0.05, 0) is 49.1 Å². The Bertz CT molecular complexity index is 669. The van der Waals surface area contributed by atoms with Crippen molar-refractivity contribution in [2.45, 2.75) is 26.8 Å². The fraction of sp³-hybridized carbons (Fsp3) is 0.316. The number of carbonyl (C=O) groups excluding carboxylic acids is 1. The molecule has 0 unspecified atom stereocenters. The Kier molecular flexibility index (Phi) is 7.12. The zero-order valence-electron chi connectivity index (χ0n) is 14.1. The Morgan fingerprint density at radius 1 is 1.08 bits per heavy atom. The highest BCUT2D eigenvalue weighted by Crippen LogP contribution is 2.22. The number of ether oxygens (including phenoxy) is 1. The first kappa shape index (κ1) is 18.3. The van der Waals surface area contributed by atoms with Crippen LogP contribution in [0.3, 0.4) is 0 Å². The maximum Gasteiger partial charge on any atom is 0.315 e. The summed E-state index contributed by atoms with van der Waals surface area (Å²) in [4.78, 5) is 11.8. The van der Waals surface area contributed by atoms with E-state index in [1.54, 1.807) is 0 Å². The Hall–Kier alpha value is -2.01. The second-order valence-electron chi connectivity index (χ2n) is 5.66. The molecule has 0 heterocycles. The number of rotatable bonds is 7. The third-order valence-corrected chi connectivity index (χ3v) is 4.10. The van der Waals surface area contributed by atoms with Gasteiger partial charge in [0.2, 0.25) is 0 Å². The number of hydrogen-bond acceptors (Lipinski definition) is 2. The number of halogens is 1. The summed E-state index contributed by atoms with van der Waals surface area (Å²) in [6.45, 7) is 5.74. The van der Waals surface area contributed by atoms with Crippen LogP contribution in [0.5, 0.6) is 5.75 Å². The number of urea groups is 1. The second kappa shape index (κ2) is 9.33. The van der Waals surface area contributed by atoms with E-state index < -0.39 is 0 Å². The Labute approximate surface area is 151 Å². The van der Waals surface area contributed by atoms with Gasteiger partial charge in [-0.1, -0.05) is 46.3 Å². The molecule has 0 aliphatic rings. The molecule has 2 rings (SSSR count). The standard InChI is InChI=1S/C19H23BrN2O2/c1-14-6-3-7-15(2)18(14)24-11-5-10-21-19(23)22-13-16-8-4-9-17(20)12-16/h3-4,6-9,12H,5,10-11,13H2,1-2H3,(H2,21,22,23). The minimum atomic E-state index is -0.165. The van der Waals surface area contributed by atoms with E-state index in [1.807, 2.05) is 56.3 Å². The molecule has 5 heteroatoms. The van der Waals surface area contributed by atoms with E-state index in [1.165, 1.54) is 0 Å². The van der Waals surface area contributed by atoms with Gasteiger partial charge in [0.15, 0.2) is 0 Å². The predicted molar refractivity (Wildman–Crippen MR) is 100 cm³/mol. The van der Waals surface area contributed by atoms with Gasteiger partial charge in [-0.25, -0.2) is 4.79 Å². The van der Waals surface area contributed by atoms with Crippen molar-refractivity contribution in [1.82, 2.24) is 10.6 Å². The minimum absolute atomic E-state index is 0.165. The van der Waals surface area contributed by atoms with Gasteiger partial charge in [0.05, 0.1) is 6.61 Å². The van der Waals surface area contributed by atoms with Crippen LogP contribution in [0, 0.1) is 13.8 Å². The summed E-state index contributed by atoms with van der Waals surface area (Å²) in [6, 6.07) is 13.8. The van der Waals surface area contributed by atoms with Gasteiger partial charge in [-0.3, -0.25) is 0 Å². The fourth-order valence-corrected chi connectivity index (χ4v) is 2.81. The number of carbonyl (C=O) groups is 1. The molecular formula is C19H23BrN2O2. The van der Waals surface area contributed by atoms with E-state index in [9.17, 15) is 4.79 Å². The van der Waals surface area contributed by atoms with Crippen LogP contribution < -0.4 is 15.4 Å². The van der Waals surface area contributed by atoms with Crippen molar-refractivity contribution >= 4 is 22.0 Å². The number of para-hydroxylation sites is 1. The van der Waals surface area contributed by atoms with Crippen LogP contribution in [0.2, 0.25) is 0 Å². The fourth-order valence-electron chi connectivity index (χ4n) is 2.37. The highest BCUT2D eigenvalue weighted by molar-refractivity contribution is 9.10. The molecule has 24 heavy (non-hydrogen) atoms. The quantitative estimate of drug-likeness (QED) is 0.691. The average molecular weight is 391 g/mol. The highest BCUT2D eigenvalue weighted by atomic mass is 79.9. The lowest BCUT2D eigenvalue weighted by Crippen LogP contribution is -2.36. The minimum Gasteiger partial charge on any atom is -0.493 e. The van der Waals surface area contributed by atoms with Crippen LogP contribution in [0.15, 0.2) is 46.9 Å². The van der Waals surface area contributed by atoms with Crippen molar-refractivity contribution in [3.8, 4) is 5.75 Å². The largest absolute Gasteiger partial charge is 0.493 e. The number of aryl methyl sites for hydroxylation is 2. The summed E-state index contributed by atoms with van der Waals surface area (Å²) in [5.41, 5.74) is 3.32. The van der Waals surface area contributed by atoms with Crippen LogP contribution >= 0.6 is 15.9 Å². The molecule has 0 atom stereocenters. The average Bonchev–Trinajstić information content (AvgIpc) is 2.55. The Morgan fingerprint density at radius 2 is 1.79 bits per heavy atom. The lowest BCUT2D eigenvalue weighted by atomic mass is 10.1. The van der Waals surface area contributed by atoms with Crippen LogP contribution in [0.1, 0.15) is 23.1 Å². The van der Waals surface area contributed by atoms with Crippen molar-refractivity contribution in [3.05, 3.63) is 63.6 Å². The predicted octanol–water partition coefficient (Wildman–Crippen LogP) is 4.33. The van der Waals surface area contributed by atoms with Crippen molar-refractivity contribution in [1.29, 1.82) is 0 Å². The molecule has 2 N–H and O–H groups in total. The molecule has 2 aromatic carbocycles. The first-order valence-corrected chi connectivity index (χ1v) is 8.80. The van der Waals surface area contributed by atoms with Crippen LogP contribution in [-0.2, 0) is 6.54 Å². The summed E-state index contributed by atoms with van der Waals surface area (Å²) >= 11 is 3.42. The van der Waals surface area contributed by atoms with E-state index in [2.05, 4.69) is 26.6 Å². The molecule has 0 spiro atoms. The zero-order chi connectivity index (χ0) is 17.4. The number of amides is 2. The molecule has 2 amide bonds. The van der Waals surface area contributed by atoms with Gasteiger partial charge in [0.25, 0.3) is 0 Å². The molecule has 0 radical (unpaired) electrons. The molecule has 0 fully saturated rings. The van der Waals surface area contributed by atoms with E-state index in [4.69, 9.17) is 4.74 Å². The first-order valence-electron chi connectivity index (χ1n) is 8.01. The number of hydrogen-bond donors (Lipinski definition) is 2. The van der Waals surface area contributed by atoms with Gasteiger partial charge in [0, 0.05) is 17.6 Å². The smallest absolute Gasteiger partial charge is 0.315 e. The number of nitrogens with one attached hydrogen (secondary N) is 2. The third-order valence-electron chi connectivity index (χ3n) is 3.60. The summed E-state index contributed by atoms with van der Waals surface area (Å²) in [6.07, 6.45) is 0.762. The Morgan fingerprint density at radius 3 is 2.50 bits per heavy atom. The molecule has 0 aliphatic heterocycles. The maximum absolute atomic E-state index is 11.8. The molecular weight excluding hydrogens is 368 g/mol. The SMILES string of the molecule is Cc1cccc(C)c1OCCCNC(=O)NCc1cccc(Br)c1. The third kappa shape index (κ3) is 5.89.